The molecule has 1 N–H and O–H groups in total. The Bertz CT molecular complexity index is 234. The van der Waals surface area contributed by atoms with Crippen molar-refractivity contribution in [3.05, 3.63) is 0 Å². The second-order valence-electron chi connectivity index (χ2n) is 4.65. The molecule has 0 spiro atoms. The SMILES string of the molecule is CCO[C@@H]1CCCN(CC(=O)NCCCOC)C1. The van der Waals surface area contributed by atoms with Crippen LogP contribution in [-0.2, 0) is 14.3 Å². The Morgan fingerprint density at radius 2 is 2.33 bits per heavy atom. The van der Waals surface area contributed by atoms with E-state index in [0.29, 0.717) is 25.8 Å². The normalized spacial score (nSPS) is 20.9. The number of likely N-dealkylation sites (tertiary alicyclic amines) is 1. The van der Waals surface area contributed by atoms with E-state index in [1.807, 2.05) is 6.92 Å². The van der Waals surface area contributed by atoms with Gasteiger partial charge in [0.1, 0.15) is 0 Å². The van der Waals surface area contributed by atoms with Crippen molar-refractivity contribution in [2.24, 2.45) is 0 Å². The quantitative estimate of drug-likeness (QED) is 0.649. The highest BCUT2D eigenvalue weighted by Gasteiger charge is 2.21. The number of rotatable bonds is 8. The van der Waals surface area contributed by atoms with Crippen LogP contribution < -0.4 is 5.32 Å². The first-order chi connectivity index (χ1) is 8.76. The summed E-state index contributed by atoms with van der Waals surface area (Å²) in [7, 11) is 1.67. The Morgan fingerprint density at radius 1 is 1.50 bits per heavy atom. The Balaban J connectivity index is 2.14. The molecule has 1 heterocycles. The monoisotopic (exact) mass is 258 g/mol. The molecule has 5 nitrogen and oxygen atoms in total. The van der Waals surface area contributed by atoms with Crippen molar-refractivity contribution in [2.75, 3.05) is 46.5 Å². The van der Waals surface area contributed by atoms with Crippen molar-refractivity contribution >= 4 is 5.91 Å². The van der Waals surface area contributed by atoms with Gasteiger partial charge in [0.05, 0.1) is 12.6 Å². The van der Waals surface area contributed by atoms with E-state index in [-0.39, 0.29) is 5.91 Å². The first-order valence-corrected chi connectivity index (χ1v) is 6.85. The fraction of sp³-hybridized carbons (Fsp3) is 0.923. The van der Waals surface area contributed by atoms with Gasteiger partial charge in [-0.15, -0.1) is 0 Å². The minimum atomic E-state index is 0.100. The Hall–Kier alpha value is -0.650. The summed E-state index contributed by atoms with van der Waals surface area (Å²) >= 11 is 0. The fourth-order valence-corrected chi connectivity index (χ4v) is 2.23. The predicted octanol–water partition coefficient (Wildman–Crippen LogP) is 0.640. The summed E-state index contributed by atoms with van der Waals surface area (Å²) in [6.45, 7) is 6.50. The molecular weight excluding hydrogens is 232 g/mol. The van der Waals surface area contributed by atoms with Crippen molar-refractivity contribution in [3.63, 3.8) is 0 Å². The first-order valence-electron chi connectivity index (χ1n) is 6.85. The molecule has 106 valence electrons. The molecule has 0 aliphatic carbocycles. The zero-order valence-corrected chi connectivity index (χ0v) is 11.6. The molecule has 1 saturated heterocycles. The summed E-state index contributed by atoms with van der Waals surface area (Å²) in [6.07, 6.45) is 3.38. The summed E-state index contributed by atoms with van der Waals surface area (Å²) in [4.78, 5) is 13.9. The summed E-state index contributed by atoms with van der Waals surface area (Å²) in [5.41, 5.74) is 0. The molecule has 0 aromatic heterocycles. The number of piperidine rings is 1. The molecule has 1 rings (SSSR count). The average Bonchev–Trinajstić information content (AvgIpc) is 2.35. The highest BCUT2D eigenvalue weighted by Crippen LogP contribution is 2.12. The van der Waals surface area contributed by atoms with Gasteiger partial charge in [0.2, 0.25) is 5.91 Å². The third kappa shape index (κ3) is 6.33. The lowest BCUT2D eigenvalue weighted by Crippen LogP contribution is -2.45. The van der Waals surface area contributed by atoms with Gasteiger partial charge in [-0.1, -0.05) is 0 Å². The van der Waals surface area contributed by atoms with Crippen LogP contribution in [0.25, 0.3) is 0 Å². The lowest BCUT2D eigenvalue weighted by atomic mass is 10.1. The van der Waals surface area contributed by atoms with Gasteiger partial charge < -0.3 is 14.8 Å². The number of hydrogen-bond acceptors (Lipinski definition) is 4. The Labute approximate surface area is 110 Å². The van der Waals surface area contributed by atoms with E-state index in [4.69, 9.17) is 9.47 Å². The summed E-state index contributed by atoms with van der Waals surface area (Å²) in [5, 5.41) is 2.91. The van der Waals surface area contributed by atoms with E-state index in [1.54, 1.807) is 7.11 Å². The second kappa shape index (κ2) is 9.30. The molecule has 1 aliphatic heterocycles. The van der Waals surface area contributed by atoms with Crippen molar-refractivity contribution < 1.29 is 14.3 Å². The van der Waals surface area contributed by atoms with E-state index in [1.165, 1.54) is 0 Å². The lowest BCUT2D eigenvalue weighted by molar-refractivity contribution is -0.123. The third-order valence-corrected chi connectivity index (χ3v) is 3.08. The van der Waals surface area contributed by atoms with Gasteiger partial charge in [-0.05, 0) is 32.7 Å². The summed E-state index contributed by atoms with van der Waals surface area (Å²) < 4.78 is 10.6. The zero-order chi connectivity index (χ0) is 13.2. The van der Waals surface area contributed by atoms with Crippen LogP contribution in [0.15, 0.2) is 0 Å². The molecule has 1 atom stereocenters. The van der Waals surface area contributed by atoms with Crippen LogP contribution in [0.5, 0.6) is 0 Å². The van der Waals surface area contributed by atoms with Gasteiger partial charge in [0, 0.05) is 33.4 Å². The Kier molecular flexibility index (Phi) is 7.96. The van der Waals surface area contributed by atoms with E-state index in [2.05, 4.69) is 10.2 Å². The number of carbonyl (C=O) groups is 1. The van der Waals surface area contributed by atoms with Gasteiger partial charge in [0.25, 0.3) is 0 Å². The van der Waals surface area contributed by atoms with Crippen LogP contribution in [0.4, 0.5) is 0 Å². The molecule has 0 saturated carbocycles. The maximum absolute atomic E-state index is 11.7. The van der Waals surface area contributed by atoms with Crippen molar-refractivity contribution in [1.29, 1.82) is 0 Å². The highest BCUT2D eigenvalue weighted by atomic mass is 16.5. The number of nitrogens with one attached hydrogen (secondary N) is 1. The maximum atomic E-state index is 11.7. The number of nitrogens with zero attached hydrogens (tertiary/aromatic N) is 1. The van der Waals surface area contributed by atoms with Crippen LogP contribution in [0.1, 0.15) is 26.2 Å². The molecule has 1 fully saturated rings. The van der Waals surface area contributed by atoms with Crippen LogP contribution in [-0.4, -0.2) is 63.4 Å². The molecule has 5 heteroatoms. The van der Waals surface area contributed by atoms with Gasteiger partial charge in [-0.25, -0.2) is 0 Å². The van der Waals surface area contributed by atoms with Crippen molar-refractivity contribution in [3.8, 4) is 0 Å². The van der Waals surface area contributed by atoms with Crippen LogP contribution >= 0.6 is 0 Å². The summed E-state index contributed by atoms with van der Waals surface area (Å²) in [5.74, 6) is 0.100. The minimum absolute atomic E-state index is 0.100. The average molecular weight is 258 g/mol. The molecule has 0 radical (unpaired) electrons. The Morgan fingerprint density at radius 3 is 3.06 bits per heavy atom. The fourth-order valence-electron chi connectivity index (χ4n) is 2.23. The van der Waals surface area contributed by atoms with E-state index in [0.717, 1.165) is 39.0 Å². The number of amides is 1. The van der Waals surface area contributed by atoms with Gasteiger partial charge in [-0.2, -0.15) is 0 Å². The smallest absolute Gasteiger partial charge is 0.234 e. The van der Waals surface area contributed by atoms with Gasteiger partial charge in [-0.3, -0.25) is 9.69 Å². The number of ether oxygens (including phenoxy) is 2. The van der Waals surface area contributed by atoms with E-state index < -0.39 is 0 Å². The highest BCUT2D eigenvalue weighted by molar-refractivity contribution is 5.77. The molecule has 0 unspecified atom stereocenters. The lowest BCUT2D eigenvalue weighted by Gasteiger charge is -2.31. The first kappa shape index (κ1) is 15.4. The molecule has 0 aromatic rings. The predicted molar refractivity (Wildman–Crippen MR) is 70.6 cm³/mol. The maximum Gasteiger partial charge on any atom is 0.234 e. The van der Waals surface area contributed by atoms with Crippen LogP contribution in [0.2, 0.25) is 0 Å². The molecule has 1 aliphatic rings. The minimum Gasteiger partial charge on any atom is -0.385 e. The number of methoxy groups -OCH3 is 1. The van der Waals surface area contributed by atoms with Crippen molar-refractivity contribution in [2.45, 2.75) is 32.3 Å². The largest absolute Gasteiger partial charge is 0.385 e. The number of hydrogen-bond donors (Lipinski definition) is 1. The van der Waals surface area contributed by atoms with Gasteiger partial charge in [0.15, 0.2) is 0 Å². The van der Waals surface area contributed by atoms with Crippen LogP contribution in [0.3, 0.4) is 0 Å². The van der Waals surface area contributed by atoms with E-state index in [9.17, 15) is 4.79 Å². The van der Waals surface area contributed by atoms with E-state index >= 15 is 0 Å². The van der Waals surface area contributed by atoms with Crippen molar-refractivity contribution in [1.82, 2.24) is 10.2 Å². The topological polar surface area (TPSA) is 50.8 Å². The number of carbonyl (C=O) groups excluding carboxylic acids is 1. The summed E-state index contributed by atoms with van der Waals surface area (Å²) in [6, 6.07) is 0. The molecule has 0 aromatic carbocycles. The molecule has 18 heavy (non-hydrogen) atoms. The standard InChI is InChI=1S/C13H26N2O3/c1-3-18-12-6-4-8-15(10-12)11-13(16)14-7-5-9-17-2/h12H,3-11H2,1-2H3,(H,14,16)/t12-/m1/s1. The zero-order valence-electron chi connectivity index (χ0n) is 11.6. The molecular formula is C13H26N2O3. The molecule has 0 bridgehead atoms. The molecule has 1 amide bonds. The van der Waals surface area contributed by atoms with Crippen LogP contribution in [0, 0.1) is 0 Å². The third-order valence-electron chi connectivity index (χ3n) is 3.08. The van der Waals surface area contributed by atoms with Gasteiger partial charge >= 0.3 is 0 Å². The second-order valence-corrected chi connectivity index (χ2v) is 4.65.